The molecule has 5 nitrogen and oxygen atoms in total. The molecule has 2 aliphatic rings. The molecular formula is C20H21NO4S. The lowest BCUT2D eigenvalue weighted by Gasteiger charge is -2.10. The Morgan fingerprint density at radius 3 is 2.50 bits per heavy atom. The van der Waals surface area contributed by atoms with Gasteiger partial charge in [-0.1, -0.05) is 12.8 Å². The van der Waals surface area contributed by atoms with Crippen LogP contribution in [0.3, 0.4) is 0 Å². The summed E-state index contributed by atoms with van der Waals surface area (Å²) in [6.07, 6.45) is 6.98. The summed E-state index contributed by atoms with van der Waals surface area (Å²) in [6, 6.07) is 5.32. The van der Waals surface area contributed by atoms with E-state index in [0.717, 1.165) is 12.8 Å². The van der Waals surface area contributed by atoms with Crippen LogP contribution in [-0.2, 0) is 12.8 Å². The third-order valence-electron chi connectivity index (χ3n) is 4.86. The monoisotopic (exact) mass is 371 g/mol. The van der Waals surface area contributed by atoms with E-state index in [1.165, 1.54) is 43.0 Å². The van der Waals surface area contributed by atoms with Crippen LogP contribution >= 0.6 is 11.3 Å². The maximum Gasteiger partial charge on any atom is 0.265 e. The molecule has 1 aromatic carbocycles. The molecule has 0 bridgehead atoms. The molecule has 4 rings (SSSR count). The Labute approximate surface area is 156 Å². The number of ether oxygens (including phenoxy) is 2. The number of Topliss-reactive ketones (excluding diaryl/α,β-unsaturated/α-hetero) is 1. The number of carbonyl (C=O) groups excluding carboxylic acids is 2. The number of thiophene rings is 1. The molecule has 0 saturated carbocycles. The number of benzene rings is 1. The zero-order chi connectivity index (χ0) is 18.1. The van der Waals surface area contributed by atoms with E-state index in [4.69, 9.17) is 9.47 Å². The van der Waals surface area contributed by atoms with Crippen LogP contribution in [0.2, 0.25) is 0 Å². The molecular weight excluding hydrogens is 350 g/mol. The van der Waals surface area contributed by atoms with E-state index in [0.29, 0.717) is 27.6 Å². The van der Waals surface area contributed by atoms with Gasteiger partial charge in [-0.2, -0.15) is 0 Å². The van der Waals surface area contributed by atoms with E-state index < -0.39 is 0 Å². The number of hydrogen-bond acceptors (Lipinski definition) is 5. The summed E-state index contributed by atoms with van der Waals surface area (Å²) in [4.78, 5) is 26.8. The molecule has 6 heteroatoms. The second-order valence-corrected chi connectivity index (χ2v) is 7.87. The van der Waals surface area contributed by atoms with Gasteiger partial charge in [-0.3, -0.25) is 9.59 Å². The first-order valence-corrected chi connectivity index (χ1v) is 9.81. The molecule has 1 aliphatic heterocycles. The van der Waals surface area contributed by atoms with Gasteiger partial charge in [0.1, 0.15) is 0 Å². The lowest BCUT2D eigenvalue weighted by molar-refractivity contribution is 0.101. The van der Waals surface area contributed by atoms with Gasteiger partial charge in [-0.15, -0.1) is 11.3 Å². The molecule has 2 heterocycles. The Kier molecular flexibility index (Phi) is 4.68. The van der Waals surface area contributed by atoms with Crippen LogP contribution in [0.25, 0.3) is 0 Å². The van der Waals surface area contributed by atoms with Gasteiger partial charge in [-0.05, 0) is 50.3 Å². The van der Waals surface area contributed by atoms with Crippen LogP contribution in [0.5, 0.6) is 11.5 Å². The van der Waals surface area contributed by atoms with E-state index in [1.807, 2.05) is 6.07 Å². The van der Waals surface area contributed by atoms with Gasteiger partial charge in [-0.25, -0.2) is 0 Å². The molecule has 0 atom stereocenters. The average Bonchev–Trinajstić information content (AvgIpc) is 3.20. The molecule has 0 fully saturated rings. The van der Waals surface area contributed by atoms with E-state index in [2.05, 4.69) is 5.32 Å². The van der Waals surface area contributed by atoms with E-state index in [-0.39, 0.29) is 18.5 Å². The maximum atomic E-state index is 12.8. The number of amides is 1. The summed E-state index contributed by atoms with van der Waals surface area (Å²) in [5.74, 6) is 0.774. The largest absolute Gasteiger partial charge is 0.454 e. The topological polar surface area (TPSA) is 64.6 Å². The SMILES string of the molecule is CC(=O)c1cc2c(cc1NC(=O)c1cc3c(s1)CCCCCC3)OCO2. The first kappa shape index (κ1) is 17.1. The van der Waals surface area contributed by atoms with Crippen molar-refractivity contribution < 1.29 is 19.1 Å². The number of fused-ring (bicyclic) bond motifs is 2. The normalized spacial score (nSPS) is 15.7. The molecule has 2 aromatic rings. The third kappa shape index (κ3) is 3.33. The highest BCUT2D eigenvalue weighted by Gasteiger charge is 2.22. The lowest BCUT2D eigenvalue weighted by Crippen LogP contribution is -2.13. The predicted molar refractivity (Wildman–Crippen MR) is 101 cm³/mol. The van der Waals surface area contributed by atoms with Crippen LogP contribution in [0.1, 0.15) is 63.1 Å². The van der Waals surface area contributed by atoms with Crippen molar-refractivity contribution in [3.8, 4) is 11.5 Å². The Morgan fingerprint density at radius 1 is 1.00 bits per heavy atom. The second kappa shape index (κ2) is 7.11. The number of anilines is 1. The van der Waals surface area contributed by atoms with Crippen molar-refractivity contribution in [3.05, 3.63) is 39.1 Å². The summed E-state index contributed by atoms with van der Waals surface area (Å²) >= 11 is 1.57. The van der Waals surface area contributed by atoms with Gasteiger partial charge in [0.25, 0.3) is 5.91 Å². The number of ketones is 1. The molecule has 0 radical (unpaired) electrons. The molecule has 0 unspecified atom stereocenters. The number of rotatable bonds is 3. The highest BCUT2D eigenvalue weighted by Crippen LogP contribution is 2.38. The van der Waals surface area contributed by atoms with E-state index >= 15 is 0 Å². The van der Waals surface area contributed by atoms with Crippen LogP contribution < -0.4 is 14.8 Å². The maximum absolute atomic E-state index is 12.8. The van der Waals surface area contributed by atoms with Gasteiger partial charge >= 0.3 is 0 Å². The molecule has 0 spiro atoms. The zero-order valence-corrected chi connectivity index (χ0v) is 15.5. The smallest absolute Gasteiger partial charge is 0.265 e. The van der Waals surface area contributed by atoms with Gasteiger partial charge in [0.2, 0.25) is 6.79 Å². The fraction of sp³-hybridized carbons (Fsp3) is 0.400. The first-order valence-electron chi connectivity index (χ1n) is 8.99. The molecule has 1 aromatic heterocycles. The van der Waals surface area contributed by atoms with Crippen LogP contribution in [-0.4, -0.2) is 18.5 Å². The Morgan fingerprint density at radius 2 is 1.73 bits per heavy atom. The van der Waals surface area contributed by atoms with Crippen molar-refractivity contribution in [1.82, 2.24) is 0 Å². The number of aryl methyl sites for hydroxylation is 2. The van der Waals surface area contributed by atoms with E-state index in [1.54, 1.807) is 23.5 Å². The molecule has 1 amide bonds. The Balaban J connectivity index is 1.60. The van der Waals surface area contributed by atoms with Crippen molar-refractivity contribution in [3.63, 3.8) is 0 Å². The summed E-state index contributed by atoms with van der Waals surface area (Å²) in [5, 5.41) is 2.89. The molecule has 1 aliphatic carbocycles. The summed E-state index contributed by atoms with van der Waals surface area (Å²) in [5.41, 5.74) is 2.20. The minimum absolute atomic E-state index is 0.127. The highest BCUT2D eigenvalue weighted by molar-refractivity contribution is 7.14. The predicted octanol–water partition coefficient (Wildman–Crippen LogP) is 4.59. The molecule has 1 N–H and O–H groups in total. The zero-order valence-electron chi connectivity index (χ0n) is 14.7. The molecule has 136 valence electrons. The minimum Gasteiger partial charge on any atom is -0.454 e. The van der Waals surface area contributed by atoms with Crippen molar-refractivity contribution in [1.29, 1.82) is 0 Å². The fourth-order valence-electron chi connectivity index (χ4n) is 3.48. The second-order valence-electron chi connectivity index (χ2n) is 6.73. The fourth-order valence-corrected chi connectivity index (χ4v) is 4.63. The minimum atomic E-state index is -0.178. The van der Waals surface area contributed by atoms with Crippen LogP contribution in [0, 0.1) is 0 Å². The quantitative estimate of drug-likeness (QED) is 0.802. The summed E-state index contributed by atoms with van der Waals surface area (Å²) in [7, 11) is 0. The third-order valence-corrected chi connectivity index (χ3v) is 6.10. The van der Waals surface area contributed by atoms with Crippen molar-refractivity contribution in [2.24, 2.45) is 0 Å². The van der Waals surface area contributed by atoms with Gasteiger partial charge < -0.3 is 14.8 Å². The van der Waals surface area contributed by atoms with Crippen molar-refractivity contribution in [2.45, 2.75) is 45.4 Å². The Bertz CT molecular complexity index is 845. The number of nitrogens with one attached hydrogen (secondary N) is 1. The van der Waals surface area contributed by atoms with E-state index in [9.17, 15) is 9.59 Å². The average molecular weight is 371 g/mol. The van der Waals surface area contributed by atoms with Crippen LogP contribution in [0.15, 0.2) is 18.2 Å². The summed E-state index contributed by atoms with van der Waals surface area (Å²) in [6.45, 7) is 1.60. The highest BCUT2D eigenvalue weighted by atomic mass is 32.1. The number of hydrogen-bond donors (Lipinski definition) is 1. The Hall–Kier alpha value is -2.34. The van der Waals surface area contributed by atoms with Crippen molar-refractivity contribution >= 4 is 28.7 Å². The van der Waals surface area contributed by atoms with Gasteiger partial charge in [0.15, 0.2) is 17.3 Å². The molecule has 26 heavy (non-hydrogen) atoms. The van der Waals surface area contributed by atoms with Crippen molar-refractivity contribution in [2.75, 3.05) is 12.1 Å². The first-order chi connectivity index (χ1) is 12.6. The summed E-state index contributed by atoms with van der Waals surface area (Å²) < 4.78 is 10.7. The number of carbonyl (C=O) groups is 2. The lowest BCUT2D eigenvalue weighted by atomic mass is 10.00. The van der Waals surface area contributed by atoms with Crippen LogP contribution in [0.4, 0.5) is 5.69 Å². The molecule has 0 saturated heterocycles. The van der Waals surface area contributed by atoms with Gasteiger partial charge in [0, 0.05) is 16.5 Å². The van der Waals surface area contributed by atoms with Gasteiger partial charge in [0.05, 0.1) is 10.6 Å². The standard InChI is InChI=1S/C20H21NO4S/c1-12(22)14-9-16-17(25-11-24-16)10-15(14)21-20(23)19-8-13-6-4-2-3-5-7-18(13)26-19/h8-10H,2-7,11H2,1H3,(H,21,23).